The van der Waals surface area contributed by atoms with E-state index in [2.05, 4.69) is 12.3 Å². The standard InChI is InChI=1S/C15H22ClFN2/c1-2-10-6-3-4-7-11(10)15(19-18)14-12(16)8-5-9-13(14)17/h5,8-11,15,19H,2-4,6-7,18H2,1H3. The summed E-state index contributed by atoms with van der Waals surface area (Å²) < 4.78 is 14.1. The van der Waals surface area contributed by atoms with Gasteiger partial charge in [-0.1, -0.05) is 50.3 Å². The molecule has 2 nitrogen and oxygen atoms in total. The van der Waals surface area contributed by atoms with E-state index in [-0.39, 0.29) is 11.9 Å². The third-order valence-electron chi connectivity index (χ3n) is 4.41. The number of hydrogen-bond donors (Lipinski definition) is 2. The van der Waals surface area contributed by atoms with E-state index in [1.54, 1.807) is 12.1 Å². The van der Waals surface area contributed by atoms with Gasteiger partial charge >= 0.3 is 0 Å². The molecule has 0 spiro atoms. The van der Waals surface area contributed by atoms with Gasteiger partial charge in [-0.15, -0.1) is 0 Å². The van der Waals surface area contributed by atoms with Crippen LogP contribution in [-0.2, 0) is 0 Å². The molecule has 0 aromatic heterocycles. The zero-order valence-corrected chi connectivity index (χ0v) is 12.1. The maximum atomic E-state index is 14.1. The molecule has 3 atom stereocenters. The summed E-state index contributed by atoms with van der Waals surface area (Å²) in [5, 5.41) is 0.461. The molecule has 0 aliphatic heterocycles. The number of hydrazine groups is 1. The first-order valence-corrected chi connectivity index (χ1v) is 7.46. The molecule has 0 amide bonds. The summed E-state index contributed by atoms with van der Waals surface area (Å²) >= 11 is 6.18. The van der Waals surface area contributed by atoms with Crippen LogP contribution in [0.2, 0.25) is 5.02 Å². The Balaban J connectivity index is 2.33. The summed E-state index contributed by atoms with van der Waals surface area (Å²) in [6.45, 7) is 2.19. The first kappa shape index (κ1) is 14.8. The normalized spacial score (nSPS) is 25.3. The van der Waals surface area contributed by atoms with Crippen LogP contribution in [0, 0.1) is 17.7 Å². The third-order valence-corrected chi connectivity index (χ3v) is 4.74. The smallest absolute Gasteiger partial charge is 0.129 e. The van der Waals surface area contributed by atoms with Gasteiger partial charge in [-0.2, -0.15) is 0 Å². The molecule has 1 aromatic carbocycles. The molecule has 1 aliphatic rings. The second-order valence-electron chi connectivity index (χ2n) is 5.40. The lowest BCUT2D eigenvalue weighted by atomic mass is 9.72. The van der Waals surface area contributed by atoms with E-state index in [0.717, 1.165) is 12.8 Å². The van der Waals surface area contributed by atoms with Crippen LogP contribution in [-0.4, -0.2) is 0 Å². The number of hydrogen-bond acceptors (Lipinski definition) is 2. The highest BCUT2D eigenvalue weighted by atomic mass is 35.5. The lowest BCUT2D eigenvalue weighted by Gasteiger charge is -2.37. The fourth-order valence-electron chi connectivity index (χ4n) is 3.41. The highest BCUT2D eigenvalue weighted by molar-refractivity contribution is 6.31. The SMILES string of the molecule is CCC1CCCCC1C(NN)c1c(F)cccc1Cl. The van der Waals surface area contributed by atoms with E-state index in [1.165, 1.54) is 25.3 Å². The zero-order chi connectivity index (χ0) is 13.8. The van der Waals surface area contributed by atoms with Crippen molar-refractivity contribution in [3.05, 3.63) is 34.6 Å². The molecule has 4 heteroatoms. The van der Waals surface area contributed by atoms with Crippen LogP contribution >= 0.6 is 11.6 Å². The van der Waals surface area contributed by atoms with Crippen LogP contribution in [0.4, 0.5) is 4.39 Å². The van der Waals surface area contributed by atoms with Gasteiger partial charge in [0.05, 0.1) is 6.04 Å². The Morgan fingerprint density at radius 2 is 2.16 bits per heavy atom. The predicted molar refractivity (Wildman–Crippen MR) is 77.2 cm³/mol. The molecule has 106 valence electrons. The summed E-state index contributed by atoms with van der Waals surface area (Å²) in [5.41, 5.74) is 3.33. The average Bonchev–Trinajstić information content (AvgIpc) is 2.43. The monoisotopic (exact) mass is 284 g/mol. The van der Waals surface area contributed by atoms with E-state index in [1.807, 2.05) is 0 Å². The Kier molecular flexibility index (Phi) is 5.20. The van der Waals surface area contributed by atoms with Crippen molar-refractivity contribution < 1.29 is 4.39 Å². The Morgan fingerprint density at radius 3 is 2.79 bits per heavy atom. The van der Waals surface area contributed by atoms with Crippen molar-refractivity contribution in [2.45, 2.75) is 45.1 Å². The topological polar surface area (TPSA) is 38.0 Å². The molecule has 3 N–H and O–H groups in total. The zero-order valence-electron chi connectivity index (χ0n) is 11.3. The van der Waals surface area contributed by atoms with Gasteiger partial charge in [-0.3, -0.25) is 11.3 Å². The second-order valence-corrected chi connectivity index (χ2v) is 5.80. The minimum absolute atomic E-state index is 0.195. The predicted octanol–water partition coefficient (Wildman–Crippen LogP) is 4.20. The molecule has 19 heavy (non-hydrogen) atoms. The molecule has 1 fully saturated rings. The van der Waals surface area contributed by atoms with E-state index in [4.69, 9.17) is 17.4 Å². The fourth-order valence-corrected chi connectivity index (χ4v) is 3.69. The van der Waals surface area contributed by atoms with Crippen LogP contribution in [0.1, 0.15) is 50.6 Å². The highest BCUT2D eigenvalue weighted by Gasteiger charge is 2.33. The maximum Gasteiger partial charge on any atom is 0.129 e. The van der Waals surface area contributed by atoms with Crippen molar-refractivity contribution >= 4 is 11.6 Å². The molecule has 0 bridgehead atoms. The fraction of sp³-hybridized carbons (Fsp3) is 0.600. The summed E-state index contributed by atoms with van der Waals surface area (Å²) in [7, 11) is 0. The van der Waals surface area contributed by atoms with Gasteiger partial charge in [0.15, 0.2) is 0 Å². The number of nitrogens with two attached hydrogens (primary N) is 1. The Morgan fingerprint density at radius 1 is 1.42 bits per heavy atom. The van der Waals surface area contributed by atoms with Crippen LogP contribution in [0.25, 0.3) is 0 Å². The van der Waals surface area contributed by atoms with Crippen LogP contribution < -0.4 is 11.3 Å². The lowest BCUT2D eigenvalue weighted by molar-refractivity contribution is 0.173. The molecule has 1 aliphatic carbocycles. The van der Waals surface area contributed by atoms with E-state index >= 15 is 0 Å². The van der Waals surface area contributed by atoms with Crippen molar-refractivity contribution in [3.63, 3.8) is 0 Å². The highest BCUT2D eigenvalue weighted by Crippen LogP contribution is 2.42. The molecule has 1 saturated carbocycles. The van der Waals surface area contributed by atoms with Crippen LogP contribution in [0.5, 0.6) is 0 Å². The van der Waals surface area contributed by atoms with Gasteiger partial charge in [-0.05, 0) is 30.4 Å². The van der Waals surface area contributed by atoms with Crippen LogP contribution in [0.3, 0.4) is 0 Å². The number of rotatable bonds is 4. The molecule has 0 radical (unpaired) electrons. The van der Waals surface area contributed by atoms with Crippen molar-refractivity contribution in [1.82, 2.24) is 5.43 Å². The van der Waals surface area contributed by atoms with E-state index < -0.39 is 0 Å². The first-order chi connectivity index (χ1) is 9.19. The average molecular weight is 285 g/mol. The van der Waals surface area contributed by atoms with Gasteiger partial charge in [0.2, 0.25) is 0 Å². The van der Waals surface area contributed by atoms with Crippen molar-refractivity contribution in [3.8, 4) is 0 Å². The van der Waals surface area contributed by atoms with E-state index in [9.17, 15) is 4.39 Å². The first-order valence-electron chi connectivity index (χ1n) is 7.09. The van der Waals surface area contributed by atoms with E-state index in [0.29, 0.717) is 22.4 Å². The van der Waals surface area contributed by atoms with Gasteiger partial charge in [0, 0.05) is 10.6 Å². The molecule has 2 rings (SSSR count). The Bertz CT molecular complexity index is 404. The minimum atomic E-state index is -0.268. The largest absolute Gasteiger partial charge is 0.271 e. The lowest BCUT2D eigenvalue weighted by Crippen LogP contribution is -2.38. The maximum absolute atomic E-state index is 14.1. The number of benzene rings is 1. The van der Waals surface area contributed by atoms with Crippen LogP contribution in [0.15, 0.2) is 18.2 Å². The van der Waals surface area contributed by atoms with Gasteiger partial charge < -0.3 is 0 Å². The summed E-state index contributed by atoms with van der Waals surface area (Å²) in [6.07, 6.45) is 5.83. The van der Waals surface area contributed by atoms with Gasteiger partial charge in [-0.25, -0.2) is 4.39 Å². The Labute approximate surface area is 119 Å². The second kappa shape index (κ2) is 6.69. The Hall–Kier alpha value is -0.640. The summed E-state index contributed by atoms with van der Waals surface area (Å²) in [4.78, 5) is 0. The number of halogens is 2. The number of nitrogens with one attached hydrogen (secondary N) is 1. The van der Waals surface area contributed by atoms with Crippen molar-refractivity contribution in [1.29, 1.82) is 0 Å². The summed E-state index contributed by atoms with van der Waals surface area (Å²) in [6, 6.07) is 4.62. The molecule has 0 heterocycles. The van der Waals surface area contributed by atoms with Crippen molar-refractivity contribution in [2.24, 2.45) is 17.7 Å². The summed E-state index contributed by atoms with van der Waals surface area (Å²) in [5.74, 6) is 6.40. The minimum Gasteiger partial charge on any atom is -0.271 e. The molecular formula is C15H22ClFN2. The van der Waals surface area contributed by atoms with Crippen molar-refractivity contribution in [2.75, 3.05) is 0 Å². The van der Waals surface area contributed by atoms with Gasteiger partial charge in [0.1, 0.15) is 5.82 Å². The molecular weight excluding hydrogens is 263 g/mol. The molecule has 3 unspecified atom stereocenters. The third kappa shape index (κ3) is 3.10. The molecule has 0 saturated heterocycles. The molecule has 1 aromatic rings. The van der Waals surface area contributed by atoms with Gasteiger partial charge in [0.25, 0.3) is 0 Å². The quantitative estimate of drug-likeness (QED) is 0.642.